The van der Waals surface area contributed by atoms with E-state index in [4.69, 9.17) is 0 Å². The maximum atomic E-state index is 13.5. The molecule has 0 saturated carbocycles. The summed E-state index contributed by atoms with van der Waals surface area (Å²) in [6, 6.07) is 1.88. The Kier molecular flexibility index (Phi) is 6.43. The number of nitrogens with zero attached hydrogens (tertiary/aromatic N) is 1. The minimum atomic E-state index is -4.69. The van der Waals surface area contributed by atoms with E-state index in [9.17, 15) is 31.9 Å². The highest BCUT2D eigenvalue weighted by molar-refractivity contribution is 6.43. The van der Waals surface area contributed by atoms with Crippen LogP contribution in [0.2, 0.25) is 0 Å². The molecule has 2 aromatic rings. The number of carbonyl (C=O) groups is 3. The second-order valence-corrected chi connectivity index (χ2v) is 7.89. The zero-order valence-electron chi connectivity index (χ0n) is 17.8. The van der Waals surface area contributed by atoms with Gasteiger partial charge in [-0.2, -0.15) is 13.2 Å². The lowest BCUT2D eigenvalue weighted by atomic mass is 10.0. The van der Waals surface area contributed by atoms with E-state index in [1.54, 1.807) is 16.8 Å². The number of ketones is 1. The van der Waals surface area contributed by atoms with E-state index < -0.39 is 35.6 Å². The van der Waals surface area contributed by atoms with Crippen molar-refractivity contribution in [2.24, 2.45) is 0 Å². The quantitative estimate of drug-likeness (QED) is 0.407. The summed E-state index contributed by atoms with van der Waals surface area (Å²) in [5.41, 5.74) is 1.57. The summed E-state index contributed by atoms with van der Waals surface area (Å²) < 4.78 is 53.4. The predicted molar refractivity (Wildman–Crippen MR) is 109 cm³/mol. The van der Waals surface area contributed by atoms with Crippen LogP contribution in [0.15, 0.2) is 18.2 Å². The van der Waals surface area contributed by atoms with Gasteiger partial charge in [-0.15, -0.1) is 0 Å². The molecule has 1 atom stereocenters. The Morgan fingerprint density at radius 3 is 2.44 bits per heavy atom. The third kappa shape index (κ3) is 4.53. The summed E-state index contributed by atoms with van der Waals surface area (Å²) >= 11 is 0. The highest BCUT2D eigenvalue weighted by Gasteiger charge is 2.39. The smallest absolute Gasteiger partial charge is 0.341 e. The van der Waals surface area contributed by atoms with E-state index >= 15 is 0 Å². The van der Waals surface area contributed by atoms with Crippen molar-refractivity contribution < 1.29 is 31.9 Å². The summed E-state index contributed by atoms with van der Waals surface area (Å²) in [4.78, 5) is 38.1. The molecule has 1 aliphatic heterocycles. The Labute approximate surface area is 182 Å². The molecule has 0 fully saturated rings. The number of alkyl halides is 3. The number of aryl methyl sites for hydroxylation is 1. The first-order chi connectivity index (χ1) is 14.9. The van der Waals surface area contributed by atoms with Gasteiger partial charge in [-0.3, -0.25) is 14.4 Å². The largest absolute Gasteiger partial charge is 0.408 e. The average Bonchev–Trinajstić information content (AvgIpc) is 3.01. The average molecular weight is 453 g/mol. The van der Waals surface area contributed by atoms with Crippen molar-refractivity contribution in [3.05, 3.63) is 52.1 Å². The van der Waals surface area contributed by atoms with Crippen molar-refractivity contribution in [2.45, 2.75) is 58.8 Å². The molecule has 1 aromatic heterocycles. The van der Waals surface area contributed by atoms with Gasteiger partial charge in [-0.25, -0.2) is 4.39 Å². The fraction of sp³-hybridized carbons (Fsp3) is 0.409. The monoisotopic (exact) mass is 453 g/mol. The van der Waals surface area contributed by atoms with Gasteiger partial charge in [0, 0.05) is 17.9 Å². The second-order valence-electron chi connectivity index (χ2n) is 7.89. The molecule has 1 aliphatic rings. The normalized spacial score (nSPS) is 14.5. The van der Waals surface area contributed by atoms with E-state index in [2.05, 4.69) is 5.32 Å². The Bertz CT molecular complexity index is 1090. The maximum Gasteiger partial charge on any atom is 0.408 e. The standard InChI is InChI=1S/C22H23F4N3O3/c1-11-10-14(7-8-15(11)23)28-20(31)17-12(2)18(29-9-5-4-6-16(17)29)19(30)21(32)27-13(3)22(24,25)26/h7-8,10,13H,4-6,9H2,1-3H3,(H,27,32)(H,28,31). The number of carbonyl (C=O) groups excluding carboxylic acids is 3. The van der Waals surface area contributed by atoms with Gasteiger partial charge in [0.25, 0.3) is 17.6 Å². The number of amides is 2. The Hall–Kier alpha value is -3.17. The molecule has 1 unspecified atom stereocenters. The van der Waals surface area contributed by atoms with Gasteiger partial charge < -0.3 is 15.2 Å². The van der Waals surface area contributed by atoms with Gasteiger partial charge in [0.1, 0.15) is 11.9 Å². The van der Waals surface area contributed by atoms with Gasteiger partial charge in [-0.1, -0.05) is 0 Å². The van der Waals surface area contributed by atoms with E-state index in [0.717, 1.165) is 13.3 Å². The van der Waals surface area contributed by atoms with Crippen LogP contribution in [-0.2, 0) is 17.8 Å². The molecule has 0 spiro atoms. The summed E-state index contributed by atoms with van der Waals surface area (Å²) in [5.74, 6) is -3.47. The lowest BCUT2D eigenvalue weighted by Crippen LogP contribution is -2.46. The van der Waals surface area contributed by atoms with Crippen LogP contribution in [0.25, 0.3) is 0 Å². The number of benzene rings is 1. The highest BCUT2D eigenvalue weighted by Crippen LogP contribution is 2.30. The molecule has 32 heavy (non-hydrogen) atoms. The second kappa shape index (κ2) is 8.76. The van der Waals surface area contributed by atoms with Crippen LogP contribution in [0.5, 0.6) is 0 Å². The van der Waals surface area contributed by atoms with E-state index in [1.165, 1.54) is 25.1 Å². The maximum absolute atomic E-state index is 13.5. The molecule has 2 amide bonds. The van der Waals surface area contributed by atoms with Crippen molar-refractivity contribution in [1.82, 2.24) is 9.88 Å². The molecule has 2 N–H and O–H groups in total. The zero-order valence-corrected chi connectivity index (χ0v) is 17.8. The summed E-state index contributed by atoms with van der Waals surface area (Å²) in [7, 11) is 0. The number of hydrogen-bond acceptors (Lipinski definition) is 3. The fourth-order valence-electron chi connectivity index (χ4n) is 3.84. The molecule has 10 heteroatoms. The molecule has 0 radical (unpaired) electrons. The van der Waals surface area contributed by atoms with Crippen LogP contribution < -0.4 is 10.6 Å². The third-order valence-electron chi connectivity index (χ3n) is 5.56. The van der Waals surface area contributed by atoms with Gasteiger partial charge in [-0.05, 0) is 69.4 Å². The predicted octanol–water partition coefficient (Wildman–Crippen LogP) is 4.08. The van der Waals surface area contributed by atoms with E-state index in [1.807, 2.05) is 0 Å². The van der Waals surface area contributed by atoms with Crippen molar-refractivity contribution in [1.29, 1.82) is 0 Å². The van der Waals surface area contributed by atoms with Crippen molar-refractivity contribution in [3.63, 3.8) is 0 Å². The molecule has 6 nitrogen and oxygen atoms in total. The number of Topliss-reactive ketones (excluding diaryl/α,β-unsaturated/α-hetero) is 1. The van der Waals surface area contributed by atoms with Crippen LogP contribution in [-0.4, -0.2) is 34.4 Å². The molecule has 172 valence electrons. The first kappa shape index (κ1) is 23.5. The van der Waals surface area contributed by atoms with Crippen LogP contribution in [0, 0.1) is 19.7 Å². The third-order valence-corrected chi connectivity index (χ3v) is 5.56. The Morgan fingerprint density at radius 1 is 1.12 bits per heavy atom. The molecule has 0 bridgehead atoms. The topological polar surface area (TPSA) is 80.2 Å². The Balaban J connectivity index is 1.95. The number of halogens is 4. The number of fused-ring (bicyclic) bond motifs is 1. The lowest BCUT2D eigenvalue weighted by molar-refractivity contribution is -0.156. The summed E-state index contributed by atoms with van der Waals surface area (Å²) in [6.07, 6.45) is -2.77. The molecule has 2 heterocycles. The minimum absolute atomic E-state index is 0.0907. The van der Waals surface area contributed by atoms with Crippen LogP contribution in [0.4, 0.5) is 23.2 Å². The van der Waals surface area contributed by atoms with Crippen LogP contribution in [0.1, 0.15) is 57.4 Å². The summed E-state index contributed by atoms with van der Waals surface area (Å²) in [5, 5.41) is 4.35. The summed E-state index contributed by atoms with van der Waals surface area (Å²) in [6.45, 7) is 4.15. The van der Waals surface area contributed by atoms with Crippen molar-refractivity contribution in [2.75, 3.05) is 5.32 Å². The van der Waals surface area contributed by atoms with Crippen LogP contribution >= 0.6 is 0 Å². The number of hydrogen-bond donors (Lipinski definition) is 2. The molecule has 0 aliphatic carbocycles. The van der Waals surface area contributed by atoms with E-state index in [0.29, 0.717) is 36.3 Å². The number of nitrogens with one attached hydrogen (secondary N) is 2. The lowest BCUT2D eigenvalue weighted by Gasteiger charge is -2.19. The van der Waals surface area contributed by atoms with Crippen molar-refractivity contribution >= 4 is 23.3 Å². The SMILES string of the molecule is Cc1cc(NC(=O)c2c(C)c(C(=O)C(=O)NC(C)C(F)(F)F)n3c2CCCC3)ccc1F. The van der Waals surface area contributed by atoms with Gasteiger partial charge in [0.05, 0.1) is 11.3 Å². The van der Waals surface area contributed by atoms with Gasteiger partial charge in [0.15, 0.2) is 0 Å². The fourth-order valence-corrected chi connectivity index (χ4v) is 3.84. The van der Waals surface area contributed by atoms with Gasteiger partial charge >= 0.3 is 6.18 Å². The molecular formula is C22H23F4N3O3. The number of rotatable bonds is 5. The van der Waals surface area contributed by atoms with Crippen LogP contribution in [0.3, 0.4) is 0 Å². The number of anilines is 1. The van der Waals surface area contributed by atoms with Crippen molar-refractivity contribution in [3.8, 4) is 0 Å². The first-order valence-electron chi connectivity index (χ1n) is 10.1. The minimum Gasteiger partial charge on any atom is -0.341 e. The molecular weight excluding hydrogens is 430 g/mol. The van der Waals surface area contributed by atoms with Gasteiger partial charge in [0.2, 0.25) is 0 Å². The first-order valence-corrected chi connectivity index (χ1v) is 10.1. The Morgan fingerprint density at radius 2 is 1.81 bits per heavy atom. The highest BCUT2D eigenvalue weighted by atomic mass is 19.4. The zero-order chi connectivity index (χ0) is 23.8. The molecule has 3 rings (SSSR count). The molecule has 1 aromatic carbocycles. The number of aromatic nitrogens is 1. The van der Waals surface area contributed by atoms with E-state index in [-0.39, 0.29) is 16.8 Å². The molecule has 0 saturated heterocycles.